The van der Waals surface area contributed by atoms with Gasteiger partial charge in [0.25, 0.3) is 0 Å². The molecule has 1 heterocycles. The van der Waals surface area contributed by atoms with Crippen molar-refractivity contribution in [1.82, 2.24) is 5.32 Å². The highest BCUT2D eigenvalue weighted by Crippen LogP contribution is 2.11. The van der Waals surface area contributed by atoms with Gasteiger partial charge in [-0.1, -0.05) is 6.55 Å². The number of rotatable bonds is 5. The van der Waals surface area contributed by atoms with E-state index in [1.54, 1.807) is 0 Å². The van der Waals surface area contributed by atoms with Crippen LogP contribution in [-0.2, 0) is 19.1 Å². The Labute approximate surface area is 118 Å². The molecule has 0 aromatic heterocycles. The third-order valence-electron chi connectivity index (χ3n) is 2.37. The Balaban J connectivity index is 0.00000110. The van der Waals surface area contributed by atoms with Crippen LogP contribution in [0.5, 0.6) is 0 Å². The maximum atomic E-state index is 11.3. The molecule has 1 aliphatic rings. The van der Waals surface area contributed by atoms with E-state index in [9.17, 15) is 14.4 Å². The quantitative estimate of drug-likeness (QED) is 0.268. The first kappa shape index (κ1) is 18.5. The highest BCUT2D eigenvalue weighted by Gasteiger charge is 2.32. The summed E-state index contributed by atoms with van der Waals surface area (Å²) in [5.41, 5.74) is 5.30. The van der Waals surface area contributed by atoms with E-state index in [1.807, 2.05) is 6.55 Å². The molecule has 1 aliphatic heterocycles. The van der Waals surface area contributed by atoms with E-state index in [-0.39, 0.29) is 13.0 Å². The van der Waals surface area contributed by atoms with Gasteiger partial charge in [0.1, 0.15) is 18.2 Å². The molecule has 0 aromatic carbocycles. The molecule has 1 rings (SSSR count). The van der Waals surface area contributed by atoms with E-state index in [0.717, 1.165) is 0 Å². The van der Waals surface area contributed by atoms with Crippen LogP contribution in [-0.4, -0.2) is 67.4 Å². The molecule has 10 heteroatoms. The van der Waals surface area contributed by atoms with Gasteiger partial charge in [-0.05, 0) is 0 Å². The molecule has 0 aromatic rings. The Kier molecular flexibility index (Phi) is 8.71. The fraction of sp³-hybridized carbons (Fsp3) is 0.700. The first-order chi connectivity index (χ1) is 9.31. The number of ether oxygens (including phenoxy) is 1. The van der Waals surface area contributed by atoms with E-state index >= 15 is 0 Å². The zero-order valence-corrected chi connectivity index (χ0v) is 12.5. The molecule has 0 saturated carbocycles. The molecule has 1 unspecified atom stereocenters. The normalized spacial score (nSPS) is 22.9. The van der Waals surface area contributed by atoms with Crippen molar-refractivity contribution < 1.29 is 34.1 Å². The first-order valence-electron chi connectivity index (χ1n) is 6.06. The van der Waals surface area contributed by atoms with Crippen molar-refractivity contribution in [3.63, 3.8) is 0 Å². The van der Waals surface area contributed by atoms with Gasteiger partial charge < -0.3 is 30.8 Å². The molecule has 3 atom stereocenters. The summed E-state index contributed by atoms with van der Waals surface area (Å²) in [5, 5.41) is 19.8. The Morgan fingerprint density at radius 1 is 1.45 bits per heavy atom. The summed E-state index contributed by atoms with van der Waals surface area (Å²) in [4.78, 5) is 40.0. The molecule has 0 radical (unpaired) electrons. The molecule has 0 amide bonds. The zero-order valence-electron chi connectivity index (χ0n) is 11.1. The van der Waals surface area contributed by atoms with Gasteiger partial charge >= 0.3 is 17.9 Å². The Morgan fingerprint density at radius 2 is 2.00 bits per heavy atom. The van der Waals surface area contributed by atoms with Gasteiger partial charge in [0.15, 0.2) is 9.76 Å². The number of hydrogen-bond donors (Lipinski definition) is 5. The van der Waals surface area contributed by atoms with Crippen molar-refractivity contribution in [1.29, 1.82) is 0 Å². The average Bonchev–Trinajstić information content (AvgIpc) is 2.77. The maximum absolute atomic E-state index is 11.3. The Morgan fingerprint density at radius 3 is 2.40 bits per heavy atom. The minimum absolute atomic E-state index is 0.154. The van der Waals surface area contributed by atoms with Crippen molar-refractivity contribution in [2.75, 3.05) is 6.54 Å². The van der Waals surface area contributed by atoms with Crippen LogP contribution in [0.2, 0.25) is 6.55 Å². The monoisotopic (exact) mass is 308 g/mol. The molecule has 9 nitrogen and oxygen atoms in total. The lowest BCUT2D eigenvalue weighted by molar-refractivity contribution is -0.153. The van der Waals surface area contributed by atoms with Crippen molar-refractivity contribution in [2.24, 2.45) is 5.73 Å². The van der Waals surface area contributed by atoms with E-state index in [4.69, 9.17) is 25.5 Å². The minimum atomic E-state index is -1.23. The maximum Gasteiger partial charge on any atom is 0.323 e. The third kappa shape index (κ3) is 7.18. The summed E-state index contributed by atoms with van der Waals surface area (Å²) in [6.45, 7) is 2.04. The number of carboxylic acid groups (broad SMARTS) is 2. The fourth-order valence-corrected chi connectivity index (χ4v) is 1.50. The van der Waals surface area contributed by atoms with E-state index in [0.29, 0.717) is 0 Å². The first-order valence-corrected chi connectivity index (χ1v) is 8.11. The van der Waals surface area contributed by atoms with Crippen molar-refractivity contribution in [3.8, 4) is 0 Å². The van der Waals surface area contributed by atoms with Crippen LogP contribution in [0.1, 0.15) is 12.8 Å². The Bertz CT molecular complexity index is 352. The van der Waals surface area contributed by atoms with E-state index in [2.05, 4.69) is 5.32 Å². The van der Waals surface area contributed by atoms with Gasteiger partial charge in [-0.2, -0.15) is 0 Å². The lowest BCUT2D eigenvalue weighted by Gasteiger charge is -2.14. The van der Waals surface area contributed by atoms with Crippen molar-refractivity contribution in [2.45, 2.75) is 37.6 Å². The van der Waals surface area contributed by atoms with Crippen LogP contribution < -0.4 is 11.1 Å². The number of hydrogen-bond acceptors (Lipinski definition) is 7. The highest BCUT2D eigenvalue weighted by atomic mass is 28.2. The van der Waals surface area contributed by atoms with Crippen LogP contribution >= 0.6 is 0 Å². The number of esters is 1. The van der Waals surface area contributed by atoms with Gasteiger partial charge in [-0.25, -0.2) is 0 Å². The summed E-state index contributed by atoms with van der Waals surface area (Å²) in [7, 11) is -0.583. The average molecular weight is 308 g/mol. The number of carbonyl (C=O) groups excluding carboxylic acids is 1. The molecular weight excluding hydrogens is 288 g/mol. The molecule has 0 aliphatic carbocycles. The van der Waals surface area contributed by atoms with Crippen LogP contribution in [0.15, 0.2) is 0 Å². The lowest BCUT2D eigenvalue weighted by atomic mass is 10.2. The Hall–Kier alpha value is -1.49. The predicted octanol–water partition coefficient (Wildman–Crippen LogP) is -2.74. The molecule has 20 heavy (non-hydrogen) atoms. The number of nitrogens with one attached hydrogen (secondary N) is 1. The van der Waals surface area contributed by atoms with Crippen molar-refractivity contribution in [3.05, 3.63) is 0 Å². The standard InChI is InChI=1S/C9H14N2O6.CH6OSi/c10-5(2-7(12)13)9(16)17-4-1-6(8(14)15)11-3-4;1-3-2/h4-6,11H,1-3,10H2,(H,12,13)(H,14,15);2H,3H2,1H3/t4-,5?,6+;/m1./s1. The second-order valence-corrected chi connectivity index (χ2v) is 4.75. The lowest BCUT2D eigenvalue weighted by Crippen LogP contribution is -2.37. The summed E-state index contributed by atoms with van der Waals surface area (Å²) in [6.07, 6.45) is -0.939. The van der Waals surface area contributed by atoms with Crippen LogP contribution in [0.25, 0.3) is 0 Å². The molecule has 6 N–H and O–H groups in total. The van der Waals surface area contributed by atoms with E-state index < -0.39 is 52.3 Å². The smallest absolute Gasteiger partial charge is 0.323 e. The molecule has 1 fully saturated rings. The summed E-state index contributed by atoms with van der Waals surface area (Å²) < 4.78 is 4.90. The zero-order chi connectivity index (χ0) is 15.7. The largest absolute Gasteiger partial charge is 0.481 e. The second-order valence-electron chi connectivity index (χ2n) is 4.11. The van der Waals surface area contributed by atoms with Gasteiger partial charge in [0, 0.05) is 13.0 Å². The molecule has 1 saturated heterocycles. The minimum Gasteiger partial charge on any atom is -0.481 e. The highest BCUT2D eigenvalue weighted by molar-refractivity contribution is 6.22. The SMILES string of the molecule is C[SiH2]O.NC(CC(=O)O)C(=O)O[C@H]1CN[C@H](C(=O)O)C1. The van der Waals surface area contributed by atoms with Gasteiger partial charge in [-0.15, -0.1) is 0 Å². The third-order valence-corrected chi connectivity index (χ3v) is 2.37. The van der Waals surface area contributed by atoms with Crippen LogP contribution in [0.4, 0.5) is 0 Å². The van der Waals surface area contributed by atoms with Gasteiger partial charge in [-0.3, -0.25) is 14.4 Å². The summed E-state index contributed by atoms with van der Waals surface area (Å²) in [5.74, 6) is -3.04. The number of carbonyl (C=O) groups is 3. The number of aliphatic carboxylic acids is 2. The molecule has 0 bridgehead atoms. The van der Waals surface area contributed by atoms with E-state index in [1.165, 1.54) is 0 Å². The fourth-order valence-electron chi connectivity index (χ4n) is 1.50. The van der Waals surface area contributed by atoms with Gasteiger partial charge in [0.05, 0.1) is 6.42 Å². The summed E-state index contributed by atoms with van der Waals surface area (Å²) in [6, 6.07) is -1.97. The molecular formula is C10H20N2O7Si. The van der Waals surface area contributed by atoms with Crippen LogP contribution in [0.3, 0.4) is 0 Å². The number of carboxylic acids is 2. The predicted molar refractivity (Wildman–Crippen MR) is 70.8 cm³/mol. The van der Waals surface area contributed by atoms with Crippen LogP contribution in [0, 0.1) is 0 Å². The summed E-state index contributed by atoms with van der Waals surface area (Å²) >= 11 is 0. The van der Waals surface area contributed by atoms with Crippen molar-refractivity contribution >= 4 is 27.7 Å². The number of nitrogens with two attached hydrogens (primary N) is 1. The molecule has 0 spiro atoms. The topological polar surface area (TPSA) is 159 Å². The second kappa shape index (κ2) is 9.42. The van der Waals surface area contributed by atoms with Gasteiger partial charge in [0.2, 0.25) is 0 Å². The molecule has 116 valence electrons.